The van der Waals surface area contributed by atoms with E-state index >= 15 is 0 Å². The third-order valence-corrected chi connectivity index (χ3v) is 2.91. The van der Waals surface area contributed by atoms with Gasteiger partial charge in [0.25, 0.3) is 0 Å². The highest BCUT2D eigenvalue weighted by Crippen LogP contribution is 2.19. The van der Waals surface area contributed by atoms with E-state index in [1.54, 1.807) is 0 Å². The number of guanidine groups is 1. The molecule has 14 heavy (non-hydrogen) atoms. The fraction of sp³-hybridized carbons (Fsp3) is 0.909. The second kappa shape index (κ2) is 5.23. The van der Waals surface area contributed by atoms with E-state index in [0.29, 0.717) is 6.04 Å². The maximum atomic E-state index is 5.91. The van der Waals surface area contributed by atoms with Crippen molar-refractivity contribution in [2.45, 2.75) is 46.1 Å². The summed E-state index contributed by atoms with van der Waals surface area (Å²) in [6.07, 6.45) is 3.84. The average Bonchev–Trinajstić information content (AvgIpc) is 2.17. The fourth-order valence-electron chi connectivity index (χ4n) is 1.92. The second-order valence-corrected chi connectivity index (χ2v) is 4.42. The van der Waals surface area contributed by atoms with Gasteiger partial charge in [-0.3, -0.25) is 4.99 Å². The van der Waals surface area contributed by atoms with Crippen LogP contribution in [-0.2, 0) is 0 Å². The molecule has 82 valence electrons. The Morgan fingerprint density at radius 1 is 1.43 bits per heavy atom. The van der Waals surface area contributed by atoms with Gasteiger partial charge in [0.05, 0.1) is 0 Å². The van der Waals surface area contributed by atoms with Crippen LogP contribution in [0.25, 0.3) is 0 Å². The minimum Gasteiger partial charge on any atom is -0.370 e. The predicted molar refractivity (Wildman–Crippen MR) is 61.3 cm³/mol. The maximum absolute atomic E-state index is 5.91. The molecular weight excluding hydrogens is 174 g/mol. The molecule has 0 atom stereocenters. The minimum atomic E-state index is 0.305. The van der Waals surface area contributed by atoms with Crippen molar-refractivity contribution in [1.82, 2.24) is 4.90 Å². The zero-order valence-corrected chi connectivity index (χ0v) is 9.66. The smallest absolute Gasteiger partial charge is 0.191 e. The molecule has 3 heteroatoms. The topological polar surface area (TPSA) is 41.6 Å². The largest absolute Gasteiger partial charge is 0.370 e. The molecule has 0 aliphatic carbocycles. The van der Waals surface area contributed by atoms with Gasteiger partial charge < -0.3 is 10.6 Å². The number of nitrogens with two attached hydrogens (primary N) is 1. The molecule has 1 saturated heterocycles. The van der Waals surface area contributed by atoms with Crippen molar-refractivity contribution in [3.8, 4) is 0 Å². The van der Waals surface area contributed by atoms with Gasteiger partial charge in [-0.2, -0.15) is 0 Å². The molecule has 0 amide bonds. The molecule has 1 rings (SSSR count). The lowest BCUT2D eigenvalue weighted by Crippen LogP contribution is -2.43. The van der Waals surface area contributed by atoms with Crippen molar-refractivity contribution in [2.24, 2.45) is 16.6 Å². The molecule has 0 unspecified atom stereocenters. The molecule has 1 aliphatic rings. The molecule has 0 bridgehead atoms. The minimum absolute atomic E-state index is 0.305. The fourth-order valence-corrected chi connectivity index (χ4v) is 1.92. The Balaban J connectivity index is 2.41. The van der Waals surface area contributed by atoms with Crippen LogP contribution in [0, 0.1) is 5.92 Å². The number of likely N-dealkylation sites (tertiary alicyclic amines) is 1. The number of rotatable bonds is 2. The highest BCUT2D eigenvalue weighted by atomic mass is 15.3. The summed E-state index contributed by atoms with van der Waals surface area (Å²) in [5.74, 6) is 1.63. The molecule has 2 N–H and O–H groups in total. The predicted octanol–water partition coefficient (Wildman–Crippen LogP) is 1.83. The SMILES string of the molecule is CCC1CCN(C(N)=NC(C)C)CC1. The Hall–Kier alpha value is -0.730. The van der Waals surface area contributed by atoms with Gasteiger partial charge in [-0.25, -0.2) is 0 Å². The van der Waals surface area contributed by atoms with Crippen LogP contribution in [0.3, 0.4) is 0 Å². The monoisotopic (exact) mass is 197 g/mol. The van der Waals surface area contributed by atoms with E-state index in [2.05, 4.69) is 30.7 Å². The van der Waals surface area contributed by atoms with Crippen molar-refractivity contribution >= 4 is 5.96 Å². The summed E-state index contributed by atoms with van der Waals surface area (Å²) in [6.45, 7) is 8.56. The van der Waals surface area contributed by atoms with Crippen molar-refractivity contribution in [2.75, 3.05) is 13.1 Å². The normalized spacial score (nSPS) is 20.6. The van der Waals surface area contributed by atoms with Crippen LogP contribution in [0.2, 0.25) is 0 Å². The van der Waals surface area contributed by atoms with Crippen molar-refractivity contribution in [3.63, 3.8) is 0 Å². The molecular formula is C11H23N3. The van der Waals surface area contributed by atoms with Gasteiger partial charge in [-0.1, -0.05) is 13.3 Å². The molecule has 0 aromatic rings. The van der Waals surface area contributed by atoms with Crippen LogP contribution in [0.15, 0.2) is 4.99 Å². The molecule has 0 saturated carbocycles. The van der Waals surface area contributed by atoms with E-state index in [-0.39, 0.29) is 0 Å². The molecule has 0 aromatic carbocycles. The van der Waals surface area contributed by atoms with Gasteiger partial charge in [-0.05, 0) is 32.6 Å². The Kier molecular flexibility index (Phi) is 4.23. The van der Waals surface area contributed by atoms with E-state index < -0.39 is 0 Å². The quantitative estimate of drug-likeness (QED) is 0.542. The van der Waals surface area contributed by atoms with Gasteiger partial charge in [0, 0.05) is 19.1 Å². The molecule has 0 aromatic heterocycles. The number of nitrogens with zero attached hydrogens (tertiary/aromatic N) is 2. The first-order valence-electron chi connectivity index (χ1n) is 5.71. The highest BCUT2D eigenvalue weighted by Gasteiger charge is 2.18. The summed E-state index contributed by atoms with van der Waals surface area (Å²) >= 11 is 0. The van der Waals surface area contributed by atoms with Crippen molar-refractivity contribution in [1.29, 1.82) is 0 Å². The Morgan fingerprint density at radius 3 is 2.43 bits per heavy atom. The number of hydrogen-bond donors (Lipinski definition) is 1. The second-order valence-electron chi connectivity index (χ2n) is 4.42. The van der Waals surface area contributed by atoms with Crippen LogP contribution in [0.4, 0.5) is 0 Å². The summed E-state index contributed by atoms with van der Waals surface area (Å²) in [5, 5.41) is 0. The standard InChI is InChI=1S/C11H23N3/c1-4-10-5-7-14(8-6-10)11(12)13-9(2)3/h9-10H,4-8H2,1-3H3,(H2,12,13). The van der Waals surface area contributed by atoms with Crippen LogP contribution in [0.1, 0.15) is 40.0 Å². The van der Waals surface area contributed by atoms with Crippen molar-refractivity contribution < 1.29 is 0 Å². The summed E-state index contributed by atoms with van der Waals surface area (Å²) in [4.78, 5) is 6.59. The first-order chi connectivity index (χ1) is 6.63. The average molecular weight is 197 g/mol. The van der Waals surface area contributed by atoms with Gasteiger partial charge in [0.1, 0.15) is 0 Å². The summed E-state index contributed by atoms with van der Waals surface area (Å²) in [6, 6.07) is 0.305. The summed E-state index contributed by atoms with van der Waals surface area (Å²) in [7, 11) is 0. The molecule has 3 nitrogen and oxygen atoms in total. The number of aliphatic imine (C=N–C) groups is 1. The maximum Gasteiger partial charge on any atom is 0.191 e. The van der Waals surface area contributed by atoms with E-state index in [1.165, 1.54) is 19.3 Å². The lowest BCUT2D eigenvalue weighted by Gasteiger charge is -2.32. The molecule has 1 heterocycles. The van der Waals surface area contributed by atoms with Gasteiger partial charge in [-0.15, -0.1) is 0 Å². The van der Waals surface area contributed by atoms with Crippen LogP contribution in [0.5, 0.6) is 0 Å². The van der Waals surface area contributed by atoms with Crippen molar-refractivity contribution in [3.05, 3.63) is 0 Å². The Bertz CT molecular complexity index is 191. The zero-order chi connectivity index (χ0) is 10.6. The van der Waals surface area contributed by atoms with Crippen LogP contribution < -0.4 is 5.73 Å². The van der Waals surface area contributed by atoms with E-state index in [0.717, 1.165) is 25.0 Å². The summed E-state index contributed by atoms with van der Waals surface area (Å²) < 4.78 is 0. The zero-order valence-electron chi connectivity index (χ0n) is 9.66. The van der Waals surface area contributed by atoms with E-state index in [1.807, 2.05) is 0 Å². The molecule has 0 spiro atoms. The van der Waals surface area contributed by atoms with Crippen LogP contribution in [-0.4, -0.2) is 30.0 Å². The number of hydrogen-bond acceptors (Lipinski definition) is 1. The van der Waals surface area contributed by atoms with E-state index in [9.17, 15) is 0 Å². The van der Waals surface area contributed by atoms with Gasteiger partial charge in [0.15, 0.2) is 5.96 Å². The molecule has 1 aliphatic heterocycles. The van der Waals surface area contributed by atoms with Gasteiger partial charge in [0.2, 0.25) is 0 Å². The highest BCUT2D eigenvalue weighted by molar-refractivity contribution is 5.78. The molecule has 0 radical (unpaired) electrons. The first-order valence-corrected chi connectivity index (χ1v) is 5.71. The number of piperidine rings is 1. The lowest BCUT2D eigenvalue weighted by atomic mass is 9.95. The first kappa shape index (κ1) is 11.3. The molecule has 1 fully saturated rings. The third-order valence-electron chi connectivity index (χ3n) is 2.91. The van der Waals surface area contributed by atoms with E-state index in [4.69, 9.17) is 5.73 Å². The Labute approximate surface area is 87.4 Å². The lowest BCUT2D eigenvalue weighted by molar-refractivity contribution is 0.258. The van der Waals surface area contributed by atoms with Gasteiger partial charge >= 0.3 is 0 Å². The van der Waals surface area contributed by atoms with Crippen LogP contribution >= 0.6 is 0 Å². The third kappa shape index (κ3) is 3.20. The summed E-state index contributed by atoms with van der Waals surface area (Å²) in [5.41, 5.74) is 5.91. The Morgan fingerprint density at radius 2 is 2.00 bits per heavy atom.